The number of halogens is 3. The van der Waals surface area contributed by atoms with Crippen molar-refractivity contribution in [3.63, 3.8) is 0 Å². The molecule has 2 aliphatic rings. The maximum Gasteiger partial charge on any atom is 0.317 e. The van der Waals surface area contributed by atoms with Gasteiger partial charge in [-0.05, 0) is 12.1 Å². The van der Waals surface area contributed by atoms with Gasteiger partial charge in [0, 0.05) is 70.4 Å². The second kappa shape index (κ2) is 13.0. The molecule has 1 aromatic heterocycles. The van der Waals surface area contributed by atoms with E-state index in [0.29, 0.717) is 32.7 Å². The molecule has 0 aliphatic carbocycles. The predicted molar refractivity (Wildman–Crippen MR) is 115 cm³/mol. The van der Waals surface area contributed by atoms with Gasteiger partial charge in [-0.15, -0.1) is 37.2 Å². The van der Waals surface area contributed by atoms with Crippen molar-refractivity contribution >= 4 is 54.8 Å². The molecule has 28 heavy (non-hydrogen) atoms. The number of piperazine rings is 2. The standard InChI is InChI=1S/C17H25N5O3.3ClH/c23-16(22-11-7-20(8-12-22)14-17(24)25)13-19-5-9-21(10-6-19)15-1-3-18-4-2-15;;;/h1-4H,5-14H2,(H,24,25);3*1H. The Kier molecular flexibility index (Phi) is 12.4. The minimum atomic E-state index is -0.813. The first-order valence-electron chi connectivity index (χ1n) is 8.71. The summed E-state index contributed by atoms with van der Waals surface area (Å²) in [5, 5.41) is 8.82. The highest BCUT2D eigenvalue weighted by Gasteiger charge is 2.25. The molecule has 0 radical (unpaired) electrons. The van der Waals surface area contributed by atoms with E-state index in [1.807, 2.05) is 21.9 Å². The molecule has 8 nitrogen and oxygen atoms in total. The highest BCUT2D eigenvalue weighted by molar-refractivity contribution is 5.86. The lowest BCUT2D eigenvalue weighted by molar-refractivity contribution is -0.139. The average molecular weight is 457 g/mol. The lowest BCUT2D eigenvalue weighted by Crippen LogP contribution is -2.54. The van der Waals surface area contributed by atoms with E-state index in [1.165, 1.54) is 5.69 Å². The van der Waals surface area contributed by atoms with E-state index >= 15 is 0 Å². The van der Waals surface area contributed by atoms with Gasteiger partial charge in [-0.3, -0.25) is 24.4 Å². The third-order valence-electron chi connectivity index (χ3n) is 4.84. The lowest BCUT2D eigenvalue weighted by atomic mass is 10.2. The first-order chi connectivity index (χ1) is 12.1. The number of carbonyl (C=O) groups is 2. The Morgan fingerprint density at radius 1 is 0.821 bits per heavy atom. The number of carbonyl (C=O) groups excluding carboxylic acids is 1. The van der Waals surface area contributed by atoms with Gasteiger partial charge in [-0.1, -0.05) is 0 Å². The summed E-state index contributed by atoms with van der Waals surface area (Å²) in [4.78, 5) is 35.5. The summed E-state index contributed by atoms with van der Waals surface area (Å²) >= 11 is 0. The molecule has 1 amide bonds. The van der Waals surface area contributed by atoms with Crippen molar-refractivity contribution < 1.29 is 14.7 Å². The Balaban J connectivity index is 0.00000243. The van der Waals surface area contributed by atoms with Gasteiger partial charge in [0.2, 0.25) is 5.91 Å². The van der Waals surface area contributed by atoms with Gasteiger partial charge in [0.15, 0.2) is 0 Å². The first-order valence-corrected chi connectivity index (χ1v) is 8.71. The van der Waals surface area contributed by atoms with E-state index < -0.39 is 5.97 Å². The normalized spacial score (nSPS) is 17.7. The molecule has 0 aromatic carbocycles. The molecule has 2 saturated heterocycles. The van der Waals surface area contributed by atoms with Crippen LogP contribution in [0, 0.1) is 0 Å². The van der Waals surface area contributed by atoms with E-state index in [1.54, 1.807) is 12.4 Å². The van der Waals surface area contributed by atoms with Crippen LogP contribution in [0.2, 0.25) is 0 Å². The van der Waals surface area contributed by atoms with Gasteiger partial charge >= 0.3 is 5.97 Å². The van der Waals surface area contributed by atoms with Gasteiger partial charge in [0.05, 0.1) is 13.1 Å². The molecule has 3 heterocycles. The van der Waals surface area contributed by atoms with Crippen molar-refractivity contribution in [1.29, 1.82) is 0 Å². The minimum Gasteiger partial charge on any atom is -0.480 e. The van der Waals surface area contributed by atoms with Gasteiger partial charge in [0.25, 0.3) is 0 Å². The van der Waals surface area contributed by atoms with Crippen molar-refractivity contribution in [3.05, 3.63) is 24.5 Å². The van der Waals surface area contributed by atoms with Crippen LogP contribution in [-0.2, 0) is 9.59 Å². The number of carboxylic acids is 1. The van der Waals surface area contributed by atoms with Crippen molar-refractivity contribution in [3.8, 4) is 0 Å². The van der Waals surface area contributed by atoms with Crippen LogP contribution in [0.4, 0.5) is 5.69 Å². The predicted octanol–water partition coefficient (Wildman–Crippen LogP) is 0.698. The second-order valence-electron chi connectivity index (χ2n) is 6.52. The molecule has 0 unspecified atom stereocenters. The summed E-state index contributed by atoms with van der Waals surface area (Å²) in [6.07, 6.45) is 3.60. The quantitative estimate of drug-likeness (QED) is 0.698. The summed E-state index contributed by atoms with van der Waals surface area (Å²) in [7, 11) is 0. The molecule has 0 bridgehead atoms. The van der Waals surface area contributed by atoms with E-state index in [9.17, 15) is 9.59 Å². The number of pyridine rings is 1. The van der Waals surface area contributed by atoms with Gasteiger partial charge in [-0.2, -0.15) is 0 Å². The number of aliphatic carboxylic acids is 1. The number of rotatable bonds is 5. The van der Waals surface area contributed by atoms with Crippen LogP contribution in [0.3, 0.4) is 0 Å². The zero-order valence-electron chi connectivity index (χ0n) is 15.6. The van der Waals surface area contributed by atoms with Gasteiger partial charge < -0.3 is 14.9 Å². The fraction of sp³-hybridized carbons (Fsp3) is 0.588. The molecule has 2 aliphatic heterocycles. The lowest BCUT2D eigenvalue weighted by Gasteiger charge is -2.38. The molecule has 1 N–H and O–H groups in total. The van der Waals surface area contributed by atoms with Crippen LogP contribution in [0.1, 0.15) is 0 Å². The monoisotopic (exact) mass is 455 g/mol. The molecule has 0 saturated carbocycles. The summed E-state index contributed by atoms with van der Waals surface area (Å²) in [5.74, 6) is -0.667. The Hall–Kier alpha value is -1.32. The van der Waals surface area contributed by atoms with Gasteiger partial charge in [-0.25, -0.2) is 0 Å². The first kappa shape index (κ1) is 26.7. The van der Waals surface area contributed by atoms with Crippen LogP contribution in [0.25, 0.3) is 0 Å². The third kappa shape index (κ3) is 7.60. The summed E-state index contributed by atoms with van der Waals surface area (Å²) in [5.41, 5.74) is 1.18. The van der Waals surface area contributed by atoms with Crippen LogP contribution in [0.5, 0.6) is 0 Å². The minimum absolute atomic E-state index is 0. The zero-order chi connectivity index (χ0) is 17.6. The van der Waals surface area contributed by atoms with Gasteiger partial charge in [0.1, 0.15) is 0 Å². The summed E-state index contributed by atoms with van der Waals surface area (Å²) in [6, 6.07) is 4.02. The van der Waals surface area contributed by atoms with E-state index in [-0.39, 0.29) is 49.7 Å². The molecular formula is C17H28Cl3N5O3. The largest absolute Gasteiger partial charge is 0.480 e. The average Bonchev–Trinajstić information content (AvgIpc) is 2.63. The Labute approximate surface area is 184 Å². The Morgan fingerprint density at radius 3 is 1.86 bits per heavy atom. The molecule has 160 valence electrons. The smallest absolute Gasteiger partial charge is 0.317 e. The van der Waals surface area contributed by atoms with E-state index in [0.717, 1.165) is 26.2 Å². The van der Waals surface area contributed by atoms with Crippen molar-refractivity contribution in [2.75, 3.05) is 70.3 Å². The van der Waals surface area contributed by atoms with Crippen LogP contribution in [-0.4, -0.2) is 102 Å². The number of anilines is 1. The molecule has 1 aromatic rings. The molecule has 0 spiro atoms. The maximum absolute atomic E-state index is 12.5. The number of aromatic nitrogens is 1. The van der Waals surface area contributed by atoms with Crippen LogP contribution in [0.15, 0.2) is 24.5 Å². The fourth-order valence-corrected chi connectivity index (χ4v) is 3.36. The van der Waals surface area contributed by atoms with Crippen molar-refractivity contribution in [1.82, 2.24) is 19.7 Å². The van der Waals surface area contributed by atoms with Crippen molar-refractivity contribution in [2.45, 2.75) is 0 Å². The number of amides is 1. The summed E-state index contributed by atoms with van der Waals surface area (Å²) in [6.45, 7) is 6.55. The molecule has 3 rings (SSSR count). The summed E-state index contributed by atoms with van der Waals surface area (Å²) < 4.78 is 0. The van der Waals surface area contributed by atoms with E-state index in [2.05, 4.69) is 14.8 Å². The molecule has 2 fully saturated rings. The van der Waals surface area contributed by atoms with Crippen LogP contribution < -0.4 is 4.90 Å². The maximum atomic E-state index is 12.5. The fourth-order valence-electron chi connectivity index (χ4n) is 3.36. The van der Waals surface area contributed by atoms with E-state index in [4.69, 9.17) is 5.11 Å². The highest BCUT2D eigenvalue weighted by atomic mass is 35.5. The van der Waals surface area contributed by atoms with Crippen molar-refractivity contribution in [2.24, 2.45) is 0 Å². The SMILES string of the molecule is Cl.Cl.Cl.O=C(O)CN1CCN(C(=O)CN2CCN(c3ccncc3)CC2)CC1. The third-order valence-corrected chi connectivity index (χ3v) is 4.84. The number of carboxylic acid groups (broad SMARTS) is 1. The van der Waals surface area contributed by atoms with Crippen LogP contribution >= 0.6 is 37.2 Å². The topological polar surface area (TPSA) is 80.2 Å². The zero-order valence-corrected chi connectivity index (χ0v) is 18.1. The Bertz CT molecular complexity index is 595. The number of hydrogen-bond acceptors (Lipinski definition) is 6. The highest BCUT2D eigenvalue weighted by Crippen LogP contribution is 2.14. The second-order valence-corrected chi connectivity index (χ2v) is 6.52. The molecule has 11 heteroatoms. The number of nitrogens with zero attached hydrogens (tertiary/aromatic N) is 5. The number of hydrogen-bond donors (Lipinski definition) is 1. The molecular weight excluding hydrogens is 429 g/mol. The molecule has 0 atom stereocenters. The Morgan fingerprint density at radius 2 is 1.32 bits per heavy atom.